The molecule has 0 unspecified atom stereocenters. The van der Waals surface area contributed by atoms with Crippen molar-refractivity contribution in [3.63, 3.8) is 0 Å². The van der Waals surface area contributed by atoms with E-state index in [1.165, 1.54) is 7.11 Å². The third-order valence-corrected chi connectivity index (χ3v) is 3.06. The summed E-state index contributed by atoms with van der Waals surface area (Å²) < 4.78 is 9.62. The first-order valence-corrected chi connectivity index (χ1v) is 6.26. The molecule has 6 nitrogen and oxygen atoms in total. The highest BCUT2D eigenvalue weighted by atomic mass is 16.5. The van der Waals surface area contributed by atoms with E-state index in [-0.39, 0.29) is 24.5 Å². The number of likely N-dealkylation sites (tertiary alicyclic amines) is 1. The van der Waals surface area contributed by atoms with Gasteiger partial charge in [-0.15, -0.1) is 0 Å². The summed E-state index contributed by atoms with van der Waals surface area (Å²) in [7, 11) is 2.97. The SMILES string of the molecule is COCCNC(=O)CN1CCCC[C@@H]1C(=O)OC. The molecule has 1 aliphatic rings. The molecule has 104 valence electrons. The summed E-state index contributed by atoms with van der Waals surface area (Å²) in [5.74, 6) is -0.331. The van der Waals surface area contributed by atoms with E-state index < -0.39 is 0 Å². The van der Waals surface area contributed by atoms with E-state index >= 15 is 0 Å². The van der Waals surface area contributed by atoms with Gasteiger partial charge in [-0.25, -0.2) is 0 Å². The second kappa shape index (κ2) is 8.05. The molecule has 0 aromatic heterocycles. The number of ether oxygens (including phenoxy) is 2. The van der Waals surface area contributed by atoms with E-state index in [9.17, 15) is 9.59 Å². The number of piperidine rings is 1. The fourth-order valence-corrected chi connectivity index (χ4v) is 2.12. The first-order valence-electron chi connectivity index (χ1n) is 6.26. The Morgan fingerprint density at radius 1 is 1.33 bits per heavy atom. The predicted octanol–water partition coefficient (Wildman–Crippen LogP) is -0.223. The molecule has 1 aliphatic heterocycles. The van der Waals surface area contributed by atoms with Gasteiger partial charge in [0.15, 0.2) is 0 Å². The standard InChI is InChI=1S/C12H22N2O4/c1-17-8-6-13-11(15)9-14-7-4-3-5-10(14)12(16)18-2/h10H,3-9H2,1-2H3,(H,13,15)/t10-/m1/s1. The molecule has 18 heavy (non-hydrogen) atoms. The Morgan fingerprint density at radius 2 is 2.11 bits per heavy atom. The Balaban J connectivity index is 2.41. The smallest absolute Gasteiger partial charge is 0.323 e. The molecule has 1 atom stereocenters. The molecule has 1 N–H and O–H groups in total. The zero-order valence-corrected chi connectivity index (χ0v) is 11.1. The average molecular weight is 258 g/mol. The molecule has 0 aromatic rings. The van der Waals surface area contributed by atoms with E-state index in [1.54, 1.807) is 7.11 Å². The van der Waals surface area contributed by atoms with Gasteiger partial charge in [-0.2, -0.15) is 0 Å². The van der Waals surface area contributed by atoms with Gasteiger partial charge in [-0.1, -0.05) is 6.42 Å². The van der Waals surface area contributed by atoms with Crippen molar-refractivity contribution in [2.24, 2.45) is 0 Å². The van der Waals surface area contributed by atoms with Gasteiger partial charge in [0.05, 0.1) is 20.3 Å². The fraction of sp³-hybridized carbons (Fsp3) is 0.833. The Labute approximate surface area is 108 Å². The lowest BCUT2D eigenvalue weighted by Gasteiger charge is -2.32. The highest BCUT2D eigenvalue weighted by molar-refractivity contribution is 5.80. The minimum Gasteiger partial charge on any atom is -0.468 e. The Hall–Kier alpha value is -1.14. The van der Waals surface area contributed by atoms with Crippen LogP contribution in [0.2, 0.25) is 0 Å². The number of carbonyl (C=O) groups is 2. The minimum atomic E-state index is -0.281. The van der Waals surface area contributed by atoms with Crippen molar-refractivity contribution in [1.29, 1.82) is 0 Å². The summed E-state index contributed by atoms with van der Waals surface area (Å²) >= 11 is 0. The maximum Gasteiger partial charge on any atom is 0.323 e. The van der Waals surface area contributed by atoms with Gasteiger partial charge >= 0.3 is 5.97 Å². The van der Waals surface area contributed by atoms with E-state index in [2.05, 4.69) is 5.32 Å². The number of hydrogen-bond donors (Lipinski definition) is 1. The first kappa shape index (κ1) is 14.9. The maximum atomic E-state index is 11.7. The molecular weight excluding hydrogens is 236 g/mol. The first-order chi connectivity index (χ1) is 8.69. The number of amides is 1. The highest BCUT2D eigenvalue weighted by Crippen LogP contribution is 2.17. The monoisotopic (exact) mass is 258 g/mol. The van der Waals surface area contributed by atoms with Crippen LogP contribution in [0.5, 0.6) is 0 Å². The van der Waals surface area contributed by atoms with Crippen molar-refractivity contribution in [3.05, 3.63) is 0 Å². The van der Waals surface area contributed by atoms with Crippen molar-refractivity contribution in [3.8, 4) is 0 Å². The molecular formula is C12H22N2O4. The van der Waals surface area contributed by atoms with Crippen LogP contribution < -0.4 is 5.32 Å². The molecule has 1 saturated heterocycles. The number of nitrogens with one attached hydrogen (secondary N) is 1. The Kier molecular flexibility index (Phi) is 6.67. The van der Waals surface area contributed by atoms with Crippen molar-refractivity contribution < 1.29 is 19.1 Å². The number of methoxy groups -OCH3 is 2. The summed E-state index contributed by atoms with van der Waals surface area (Å²) in [5.41, 5.74) is 0. The molecule has 1 rings (SSSR count). The molecule has 6 heteroatoms. The van der Waals surface area contributed by atoms with E-state index in [1.807, 2.05) is 4.90 Å². The summed E-state index contributed by atoms with van der Waals surface area (Å²) in [6.07, 6.45) is 2.78. The lowest BCUT2D eigenvalue weighted by atomic mass is 10.0. The van der Waals surface area contributed by atoms with Crippen LogP contribution in [-0.2, 0) is 19.1 Å². The second-order valence-electron chi connectivity index (χ2n) is 4.35. The largest absolute Gasteiger partial charge is 0.468 e. The van der Waals surface area contributed by atoms with Crippen molar-refractivity contribution in [2.45, 2.75) is 25.3 Å². The van der Waals surface area contributed by atoms with E-state index in [0.29, 0.717) is 13.2 Å². The highest BCUT2D eigenvalue weighted by Gasteiger charge is 2.30. The van der Waals surface area contributed by atoms with Gasteiger partial charge < -0.3 is 14.8 Å². The summed E-state index contributed by atoms with van der Waals surface area (Å²) in [6.45, 7) is 1.99. The number of nitrogens with zero attached hydrogens (tertiary/aromatic N) is 1. The summed E-state index contributed by atoms with van der Waals surface area (Å²) in [5, 5.41) is 2.75. The van der Waals surface area contributed by atoms with Crippen LogP contribution in [0.25, 0.3) is 0 Å². The molecule has 0 spiro atoms. The molecule has 0 bridgehead atoms. The van der Waals surface area contributed by atoms with Crippen LogP contribution in [-0.4, -0.2) is 63.3 Å². The zero-order chi connectivity index (χ0) is 13.4. The maximum absolute atomic E-state index is 11.7. The number of esters is 1. The number of carbonyl (C=O) groups excluding carboxylic acids is 2. The molecule has 0 aliphatic carbocycles. The lowest BCUT2D eigenvalue weighted by molar-refractivity contribution is -0.148. The number of hydrogen-bond acceptors (Lipinski definition) is 5. The predicted molar refractivity (Wildman–Crippen MR) is 66.1 cm³/mol. The third kappa shape index (κ3) is 4.62. The minimum absolute atomic E-state index is 0.0807. The van der Waals surface area contributed by atoms with Gasteiger partial charge in [0.1, 0.15) is 6.04 Å². The fourth-order valence-electron chi connectivity index (χ4n) is 2.12. The van der Waals surface area contributed by atoms with Gasteiger partial charge in [0.25, 0.3) is 0 Å². The zero-order valence-electron chi connectivity index (χ0n) is 11.1. The van der Waals surface area contributed by atoms with Crippen LogP contribution in [0, 0.1) is 0 Å². The molecule has 0 saturated carbocycles. The Bertz CT molecular complexity index is 283. The van der Waals surface area contributed by atoms with E-state index in [0.717, 1.165) is 25.8 Å². The molecule has 1 amide bonds. The Morgan fingerprint density at radius 3 is 2.78 bits per heavy atom. The van der Waals surface area contributed by atoms with Gasteiger partial charge in [-0.05, 0) is 19.4 Å². The van der Waals surface area contributed by atoms with Crippen LogP contribution in [0.3, 0.4) is 0 Å². The van der Waals surface area contributed by atoms with Crippen molar-refractivity contribution >= 4 is 11.9 Å². The number of rotatable bonds is 6. The van der Waals surface area contributed by atoms with E-state index in [4.69, 9.17) is 9.47 Å². The van der Waals surface area contributed by atoms with Gasteiger partial charge in [-0.3, -0.25) is 14.5 Å². The second-order valence-corrected chi connectivity index (χ2v) is 4.35. The van der Waals surface area contributed by atoms with Crippen LogP contribution in [0.4, 0.5) is 0 Å². The topological polar surface area (TPSA) is 67.9 Å². The van der Waals surface area contributed by atoms with Gasteiger partial charge in [0, 0.05) is 13.7 Å². The normalized spacial score (nSPS) is 20.4. The van der Waals surface area contributed by atoms with Crippen LogP contribution >= 0.6 is 0 Å². The van der Waals surface area contributed by atoms with Crippen molar-refractivity contribution in [1.82, 2.24) is 10.2 Å². The average Bonchev–Trinajstić information content (AvgIpc) is 2.39. The third-order valence-electron chi connectivity index (χ3n) is 3.06. The quantitative estimate of drug-likeness (QED) is 0.527. The summed E-state index contributed by atoms with van der Waals surface area (Å²) in [6, 6.07) is -0.281. The van der Waals surface area contributed by atoms with Gasteiger partial charge in [0.2, 0.25) is 5.91 Å². The lowest BCUT2D eigenvalue weighted by Crippen LogP contribution is -2.49. The molecule has 1 fully saturated rings. The molecule has 0 radical (unpaired) electrons. The molecule has 1 heterocycles. The summed E-state index contributed by atoms with van der Waals surface area (Å²) in [4.78, 5) is 25.2. The molecule has 0 aromatic carbocycles. The van der Waals surface area contributed by atoms with Crippen LogP contribution in [0.1, 0.15) is 19.3 Å². The van der Waals surface area contributed by atoms with Crippen molar-refractivity contribution in [2.75, 3.05) is 40.5 Å². The van der Waals surface area contributed by atoms with Crippen LogP contribution in [0.15, 0.2) is 0 Å².